The van der Waals surface area contributed by atoms with E-state index in [1.54, 1.807) is 4.90 Å². The highest BCUT2D eigenvalue weighted by atomic mass is 32.1. The third-order valence-corrected chi connectivity index (χ3v) is 5.03. The first-order valence-electron chi connectivity index (χ1n) is 7.34. The van der Waals surface area contributed by atoms with Crippen molar-refractivity contribution in [2.24, 2.45) is 0 Å². The van der Waals surface area contributed by atoms with Gasteiger partial charge in [-0.25, -0.2) is 4.98 Å². The van der Waals surface area contributed by atoms with Gasteiger partial charge in [-0.05, 0) is 32.3 Å². The molecule has 2 aromatic heterocycles. The molecule has 0 spiro atoms. The number of nitrogens with zero attached hydrogens (tertiary/aromatic N) is 3. The molecule has 0 bridgehead atoms. The summed E-state index contributed by atoms with van der Waals surface area (Å²) in [4.78, 5) is 19.4. The van der Waals surface area contributed by atoms with Crippen LogP contribution in [0.3, 0.4) is 0 Å². The molecule has 1 aliphatic carbocycles. The summed E-state index contributed by atoms with van der Waals surface area (Å²) in [7, 11) is 1.82. The first kappa shape index (κ1) is 14.3. The Morgan fingerprint density at radius 3 is 2.90 bits per heavy atom. The fourth-order valence-corrected chi connectivity index (χ4v) is 3.35. The van der Waals surface area contributed by atoms with Crippen LogP contribution in [-0.2, 0) is 13.0 Å². The largest absolute Gasteiger partial charge is 0.335 e. The number of thiazole rings is 1. The Balaban J connectivity index is 1.69. The van der Waals surface area contributed by atoms with Crippen molar-refractivity contribution in [1.82, 2.24) is 20.1 Å². The van der Waals surface area contributed by atoms with Crippen molar-refractivity contribution in [3.05, 3.63) is 33.0 Å². The second kappa shape index (κ2) is 5.60. The van der Waals surface area contributed by atoms with Crippen molar-refractivity contribution in [3.8, 4) is 0 Å². The van der Waals surface area contributed by atoms with Crippen LogP contribution in [0.4, 0.5) is 0 Å². The summed E-state index contributed by atoms with van der Waals surface area (Å²) in [5.41, 5.74) is 2.95. The van der Waals surface area contributed by atoms with Crippen LogP contribution < -0.4 is 0 Å². The van der Waals surface area contributed by atoms with Crippen LogP contribution in [0.1, 0.15) is 57.4 Å². The van der Waals surface area contributed by atoms with Gasteiger partial charge in [0.15, 0.2) is 0 Å². The lowest BCUT2D eigenvalue weighted by molar-refractivity contribution is 0.0787. The molecule has 1 amide bonds. The van der Waals surface area contributed by atoms with Gasteiger partial charge >= 0.3 is 0 Å². The molecule has 112 valence electrons. The minimum atomic E-state index is 0.0345. The lowest BCUT2D eigenvalue weighted by Gasteiger charge is -2.15. The fourth-order valence-electron chi connectivity index (χ4n) is 2.35. The Labute approximate surface area is 128 Å². The Morgan fingerprint density at radius 1 is 1.52 bits per heavy atom. The zero-order chi connectivity index (χ0) is 15.0. The fraction of sp³-hybridized carbons (Fsp3) is 0.533. The number of hydrogen-bond donors (Lipinski definition) is 1. The van der Waals surface area contributed by atoms with Crippen molar-refractivity contribution >= 4 is 17.2 Å². The monoisotopic (exact) mass is 304 g/mol. The second-order valence-corrected chi connectivity index (χ2v) is 6.71. The SMILES string of the molecule is CCc1nc(C)c(C(=O)N(C)Cc2cc(C3CC3)n[nH]2)s1. The van der Waals surface area contributed by atoms with Crippen LogP contribution in [0.2, 0.25) is 0 Å². The number of aromatic nitrogens is 3. The summed E-state index contributed by atoms with van der Waals surface area (Å²) in [5.74, 6) is 0.666. The average molecular weight is 304 g/mol. The maximum atomic E-state index is 12.5. The second-order valence-electron chi connectivity index (χ2n) is 5.63. The Morgan fingerprint density at radius 2 is 2.29 bits per heavy atom. The average Bonchev–Trinajstić information content (AvgIpc) is 3.10. The van der Waals surface area contributed by atoms with Crippen LogP contribution in [0.5, 0.6) is 0 Å². The first-order chi connectivity index (χ1) is 10.1. The van der Waals surface area contributed by atoms with Crippen LogP contribution in [0.15, 0.2) is 6.07 Å². The summed E-state index contributed by atoms with van der Waals surface area (Å²) in [6, 6.07) is 2.08. The molecular weight excluding hydrogens is 284 g/mol. The molecular formula is C15H20N4OS. The molecule has 0 atom stereocenters. The van der Waals surface area contributed by atoms with E-state index in [2.05, 4.69) is 28.2 Å². The molecule has 2 heterocycles. The molecule has 0 aliphatic heterocycles. The van der Waals surface area contributed by atoms with E-state index < -0.39 is 0 Å². The van der Waals surface area contributed by atoms with E-state index in [1.165, 1.54) is 24.2 Å². The van der Waals surface area contributed by atoms with E-state index in [0.717, 1.165) is 33.4 Å². The molecule has 0 unspecified atom stereocenters. The number of hydrogen-bond acceptors (Lipinski definition) is 4. The maximum Gasteiger partial charge on any atom is 0.265 e. The zero-order valence-electron chi connectivity index (χ0n) is 12.6. The Kier molecular flexibility index (Phi) is 3.80. The molecule has 6 heteroatoms. The van der Waals surface area contributed by atoms with Crippen LogP contribution in [0, 0.1) is 6.92 Å². The number of carbonyl (C=O) groups excluding carboxylic acids is 1. The van der Waals surface area contributed by atoms with E-state index >= 15 is 0 Å². The summed E-state index contributed by atoms with van der Waals surface area (Å²) in [6.07, 6.45) is 3.34. The van der Waals surface area contributed by atoms with Gasteiger partial charge in [-0.15, -0.1) is 11.3 Å². The predicted molar refractivity (Wildman–Crippen MR) is 82.6 cm³/mol. The molecule has 1 saturated carbocycles. The molecule has 1 aliphatic rings. The van der Waals surface area contributed by atoms with Crippen LogP contribution in [0.25, 0.3) is 0 Å². The molecule has 5 nitrogen and oxygen atoms in total. The van der Waals surface area contributed by atoms with Gasteiger partial charge in [0.25, 0.3) is 5.91 Å². The van der Waals surface area contributed by atoms with Crippen LogP contribution in [-0.4, -0.2) is 33.0 Å². The molecule has 1 N–H and O–H groups in total. The van der Waals surface area contributed by atoms with Gasteiger partial charge in [0.1, 0.15) is 4.88 Å². The lowest BCUT2D eigenvalue weighted by atomic mass is 10.2. The van der Waals surface area contributed by atoms with E-state index in [4.69, 9.17) is 0 Å². The third kappa shape index (κ3) is 3.00. The molecule has 21 heavy (non-hydrogen) atoms. The summed E-state index contributed by atoms with van der Waals surface area (Å²) >= 11 is 1.50. The molecule has 1 fully saturated rings. The van der Waals surface area contributed by atoms with Gasteiger partial charge in [-0.2, -0.15) is 5.10 Å². The summed E-state index contributed by atoms with van der Waals surface area (Å²) in [6.45, 7) is 4.51. The highest BCUT2D eigenvalue weighted by Gasteiger charge is 2.26. The van der Waals surface area contributed by atoms with Crippen LogP contribution >= 0.6 is 11.3 Å². The Bertz CT molecular complexity index is 656. The van der Waals surface area contributed by atoms with Gasteiger partial charge in [0, 0.05) is 13.0 Å². The molecule has 0 aromatic carbocycles. The van der Waals surface area contributed by atoms with Crippen molar-refractivity contribution < 1.29 is 4.79 Å². The van der Waals surface area contributed by atoms with Crippen molar-refractivity contribution in [3.63, 3.8) is 0 Å². The molecule has 2 aromatic rings. The Hall–Kier alpha value is -1.69. The topological polar surface area (TPSA) is 61.9 Å². The number of nitrogens with one attached hydrogen (secondary N) is 1. The van der Waals surface area contributed by atoms with Crippen molar-refractivity contribution in [1.29, 1.82) is 0 Å². The highest BCUT2D eigenvalue weighted by Crippen LogP contribution is 2.39. The smallest absolute Gasteiger partial charge is 0.265 e. The third-order valence-electron chi connectivity index (χ3n) is 3.74. The zero-order valence-corrected chi connectivity index (χ0v) is 13.5. The summed E-state index contributed by atoms with van der Waals surface area (Å²) in [5, 5.41) is 8.38. The standard InChI is InChI=1S/C15H20N4OS/c1-4-13-16-9(2)14(21-13)15(20)19(3)8-11-7-12(18-17-11)10-5-6-10/h7,10H,4-6,8H2,1-3H3,(H,17,18). The first-order valence-corrected chi connectivity index (χ1v) is 8.16. The predicted octanol–water partition coefficient (Wildman–Crippen LogP) is 2.89. The van der Waals surface area contributed by atoms with Gasteiger partial charge in [0.05, 0.1) is 28.6 Å². The van der Waals surface area contributed by atoms with E-state index in [9.17, 15) is 4.79 Å². The highest BCUT2D eigenvalue weighted by molar-refractivity contribution is 7.13. The number of carbonyl (C=O) groups is 1. The van der Waals surface area contributed by atoms with E-state index in [0.29, 0.717) is 12.5 Å². The quantitative estimate of drug-likeness (QED) is 0.924. The van der Waals surface area contributed by atoms with E-state index in [-0.39, 0.29) is 5.91 Å². The molecule has 0 saturated heterocycles. The normalized spacial score (nSPS) is 14.4. The van der Waals surface area contributed by atoms with Gasteiger partial charge in [0.2, 0.25) is 0 Å². The minimum absolute atomic E-state index is 0.0345. The van der Waals surface area contributed by atoms with Gasteiger partial charge in [-0.3, -0.25) is 9.89 Å². The number of H-pyrrole nitrogens is 1. The van der Waals surface area contributed by atoms with E-state index in [1.807, 2.05) is 14.0 Å². The van der Waals surface area contributed by atoms with Gasteiger partial charge < -0.3 is 4.90 Å². The van der Waals surface area contributed by atoms with Crippen molar-refractivity contribution in [2.45, 2.75) is 45.6 Å². The number of amides is 1. The maximum absolute atomic E-state index is 12.5. The van der Waals surface area contributed by atoms with Crippen molar-refractivity contribution in [2.75, 3.05) is 7.05 Å². The lowest BCUT2D eigenvalue weighted by Crippen LogP contribution is -2.26. The number of rotatable bonds is 5. The van der Waals surface area contributed by atoms with Gasteiger partial charge in [-0.1, -0.05) is 6.92 Å². The molecule has 0 radical (unpaired) electrons. The minimum Gasteiger partial charge on any atom is -0.335 e. The molecule has 3 rings (SSSR count). The number of aromatic amines is 1. The summed E-state index contributed by atoms with van der Waals surface area (Å²) < 4.78 is 0. The number of aryl methyl sites for hydroxylation is 2.